The Balaban J connectivity index is 2.72. The van der Waals surface area contributed by atoms with Crippen molar-refractivity contribution in [3.63, 3.8) is 0 Å². The lowest BCUT2D eigenvalue weighted by Crippen LogP contribution is -2.20. The zero-order chi connectivity index (χ0) is 12.2. The molecule has 0 aliphatic rings. The van der Waals surface area contributed by atoms with E-state index in [1.807, 2.05) is 0 Å². The van der Waals surface area contributed by atoms with E-state index in [1.165, 1.54) is 0 Å². The van der Waals surface area contributed by atoms with Gasteiger partial charge >= 0.3 is 0 Å². The quantitative estimate of drug-likeness (QED) is 0.813. The molecule has 0 aliphatic heterocycles. The minimum atomic E-state index is 0.196. The van der Waals surface area contributed by atoms with E-state index in [0.717, 1.165) is 12.4 Å². The van der Waals surface area contributed by atoms with Crippen LogP contribution in [0.25, 0.3) is 0 Å². The molecular formula is C11H20N4O. The van der Waals surface area contributed by atoms with Gasteiger partial charge in [0.15, 0.2) is 5.82 Å². The van der Waals surface area contributed by atoms with Crippen molar-refractivity contribution in [3.05, 3.63) is 11.9 Å². The van der Waals surface area contributed by atoms with Gasteiger partial charge in [0.25, 0.3) is 0 Å². The maximum atomic E-state index is 5.68. The first-order valence-electron chi connectivity index (χ1n) is 5.27. The average molecular weight is 224 g/mol. The van der Waals surface area contributed by atoms with E-state index in [1.54, 1.807) is 13.2 Å². The van der Waals surface area contributed by atoms with Crippen molar-refractivity contribution in [1.29, 1.82) is 0 Å². The lowest BCUT2D eigenvalue weighted by molar-refractivity contribution is 0.178. The normalized spacial score (nSPS) is 11.5. The van der Waals surface area contributed by atoms with Gasteiger partial charge in [-0.1, -0.05) is 20.8 Å². The Morgan fingerprint density at radius 2 is 2.06 bits per heavy atom. The minimum Gasteiger partial charge on any atom is -0.384 e. The molecule has 1 aromatic heterocycles. The number of nitrogens with two attached hydrogens (primary N) is 1. The zero-order valence-electron chi connectivity index (χ0n) is 10.4. The molecule has 1 rings (SSSR count). The number of hydrogen-bond donors (Lipinski definition) is 2. The average Bonchev–Trinajstić information content (AvgIpc) is 2.13. The van der Waals surface area contributed by atoms with Gasteiger partial charge in [0.2, 0.25) is 0 Å². The second-order valence-corrected chi connectivity index (χ2v) is 4.94. The van der Waals surface area contributed by atoms with Crippen LogP contribution in [0.4, 0.5) is 11.6 Å². The SMILES string of the molecule is COCc1nc(N)cc(NCC(C)(C)C)n1. The highest BCUT2D eigenvalue weighted by molar-refractivity contribution is 5.44. The van der Waals surface area contributed by atoms with E-state index in [2.05, 4.69) is 36.1 Å². The van der Waals surface area contributed by atoms with E-state index in [4.69, 9.17) is 10.5 Å². The lowest BCUT2D eigenvalue weighted by Gasteiger charge is -2.19. The first-order chi connectivity index (χ1) is 7.40. The number of methoxy groups -OCH3 is 1. The molecule has 5 heteroatoms. The first-order valence-corrected chi connectivity index (χ1v) is 5.27. The van der Waals surface area contributed by atoms with Crippen LogP contribution in [-0.4, -0.2) is 23.6 Å². The molecule has 0 atom stereocenters. The Morgan fingerprint density at radius 3 is 2.62 bits per heavy atom. The van der Waals surface area contributed by atoms with Crippen molar-refractivity contribution in [2.45, 2.75) is 27.4 Å². The summed E-state index contributed by atoms with van der Waals surface area (Å²) in [6.07, 6.45) is 0. The van der Waals surface area contributed by atoms with Crippen LogP contribution < -0.4 is 11.1 Å². The molecule has 0 radical (unpaired) electrons. The van der Waals surface area contributed by atoms with E-state index in [-0.39, 0.29) is 5.41 Å². The van der Waals surface area contributed by atoms with Gasteiger partial charge in [-0.25, -0.2) is 9.97 Å². The molecule has 0 aromatic carbocycles. The van der Waals surface area contributed by atoms with E-state index < -0.39 is 0 Å². The summed E-state index contributed by atoms with van der Waals surface area (Å²) in [6.45, 7) is 7.66. The molecule has 5 nitrogen and oxygen atoms in total. The third-order valence-electron chi connectivity index (χ3n) is 1.87. The first kappa shape index (κ1) is 12.7. The molecular weight excluding hydrogens is 204 g/mol. The van der Waals surface area contributed by atoms with Gasteiger partial charge in [-0.3, -0.25) is 0 Å². The molecule has 0 saturated carbocycles. The highest BCUT2D eigenvalue weighted by Gasteiger charge is 2.10. The number of nitrogens with one attached hydrogen (secondary N) is 1. The molecule has 0 unspecified atom stereocenters. The molecule has 90 valence electrons. The predicted molar refractivity (Wildman–Crippen MR) is 65.1 cm³/mol. The van der Waals surface area contributed by atoms with Crippen molar-refractivity contribution in [1.82, 2.24) is 9.97 Å². The van der Waals surface area contributed by atoms with Crippen LogP contribution in [0, 0.1) is 5.41 Å². The fourth-order valence-corrected chi connectivity index (χ4v) is 1.16. The minimum absolute atomic E-state index is 0.196. The molecule has 16 heavy (non-hydrogen) atoms. The predicted octanol–water partition coefficient (Wildman–Crippen LogP) is 1.66. The van der Waals surface area contributed by atoms with Crippen LogP contribution in [-0.2, 0) is 11.3 Å². The van der Waals surface area contributed by atoms with E-state index in [9.17, 15) is 0 Å². The van der Waals surface area contributed by atoms with Gasteiger partial charge in [-0.15, -0.1) is 0 Å². The highest BCUT2D eigenvalue weighted by Crippen LogP contribution is 2.15. The summed E-state index contributed by atoms with van der Waals surface area (Å²) in [5.41, 5.74) is 5.88. The largest absolute Gasteiger partial charge is 0.384 e. The number of hydrogen-bond acceptors (Lipinski definition) is 5. The molecule has 3 N–H and O–H groups in total. The van der Waals surface area contributed by atoms with Crippen LogP contribution in [0.3, 0.4) is 0 Å². The van der Waals surface area contributed by atoms with Crippen LogP contribution in [0.5, 0.6) is 0 Å². The standard InChI is InChI=1S/C11H20N4O/c1-11(2,3)7-13-9-5-8(12)14-10(15-9)6-16-4/h5H,6-7H2,1-4H3,(H3,12,13,14,15). The van der Waals surface area contributed by atoms with Gasteiger partial charge in [-0.05, 0) is 5.41 Å². The molecule has 1 heterocycles. The summed E-state index contributed by atoms with van der Waals surface area (Å²) in [6, 6.07) is 1.73. The summed E-state index contributed by atoms with van der Waals surface area (Å²) in [4.78, 5) is 8.37. The zero-order valence-corrected chi connectivity index (χ0v) is 10.4. The summed E-state index contributed by atoms with van der Waals surface area (Å²) in [5, 5.41) is 3.24. The van der Waals surface area contributed by atoms with Crippen LogP contribution in [0.2, 0.25) is 0 Å². The van der Waals surface area contributed by atoms with Crippen molar-refractivity contribution in [3.8, 4) is 0 Å². The van der Waals surface area contributed by atoms with Gasteiger partial charge in [-0.2, -0.15) is 0 Å². The number of anilines is 2. The number of ether oxygens (including phenoxy) is 1. The van der Waals surface area contributed by atoms with Crippen LogP contribution >= 0.6 is 0 Å². The van der Waals surface area contributed by atoms with Crippen molar-refractivity contribution < 1.29 is 4.74 Å². The van der Waals surface area contributed by atoms with Crippen molar-refractivity contribution >= 4 is 11.6 Å². The topological polar surface area (TPSA) is 73.1 Å². The van der Waals surface area contributed by atoms with Gasteiger partial charge < -0.3 is 15.8 Å². The van der Waals surface area contributed by atoms with Gasteiger partial charge in [0.05, 0.1) is 0 Å². The summed E-state index contributed by atoms with van der Waals surface area (Å²) >= 11 is 0. The van der Waals surface area contributed by atoms with Crippen LogP contribution in [0.1, 0.15) is 26.6 Å². The fraction of sp³-hybridized carbons (Fsp3) is 0.636. The molecule has 1 aromatic rings. The Bertz CT molecular complexity index is 346. The highest BCUT2D eigenvalue weighted by atomic mass is 16.5. The van der Waals surface area contributed by atoms with E-state index >= 15 is 0 Å². The molecule has 0 bridgehead atoms. The van der Waals surface area contributed by atoms with E-state index in [0.29, 0.717) is 18.2 Å². The number of rotatable bonds is 4. The number of nitrogen functional groups attached to an aromatic ring is 1. The Hall–Kier alpha value is -1.36. The molecule has 0 fully saturated rings. The lowest BCUT2D eigenvalue weighted by atomic mass is 9.97. The molecule has 0 aliphatic carbocycles. The smallest absolute Gasteiger partial charge is 0.158 e. The Kier molecular flexibility index (Phi) is 4.06. The van der Waals surface area contributed by atoms with Crippen molar-refractivity contribution in [2.24, 2.45) is 5.41 Å². The summed E-state index contributed by atoms with van der Waals surface area (Å²) in [7, 11) is 1.61. The molecule has 0 amide bonds. The molecule has 0 spiro atoms. The van der Waals surface area contributed by atoms with Crippen LogP contribution in [0.15, 0.2) is 6.07 Å². The fourth-order valence-electron chi connectivity index (χ4n) is 1.16. The number of aromatic nitrogens is 2. The summed E-state index contributed by atoms with van der Waals surface area (Å²) < 4.78 is 4.97. The van der Waals surface area contributed by atoms with Gasteiger partial charge in [0, 0.05) is 19.7 Å². The van der Waals surface area contributed by atoms with Crippen molar-refractivity contribution in [2.75, 3.05) is 24.7 Å². The molecule has 0 saturated heterocycles. The second-order valence-electron chi connectivity index (χ2n) is 4.94. The number of nitrogens with zero attached hydrogens (tertiary/aromatic N) is 2. The maximum absolute atomic E-state index is 5.68. The van der Waals surface area contributed by atoms with Gasteiger partial charge in [0.1, 0.15) is 18.2 Å². The summed E-state index contributed by atoms with van der Waals surface area (Å²) in [5.74, 6) is 1.80. The second kappa shape index (κ2) is 5.12. The Morgan fingerprint density at radius 1 is 1.38 bits per heavy atom. The maximum Gasteiger partial charge on any atom is 0.158 e. The monoisotopic (exact) mass is 224 g/mol. The third-order valence-corrected chi connectivity index (χ3v) is 1.87. The Labute approximate surface area is 96.4 Å². The third kappa shape index (κ3) is 4.44.